The molecule has 0 spiro atoms. The highest BCUT2D eigenvalue weighted by atomic mass is 32.2. The summed E-state index contributed by atoms with van der Waals surface area (Å²) in [6.07, 6.45) is 0.350. The van der Waals surface area contributed by atoms with Gasteiger partial charge in [0.25, 0.3) is 18.1 Å². The van der Waals surface area contributed by atoms with E-state index >= 15 is 0 Å². The van der Waals surface area contributed by atoms with Crippen LogP contribution in [0.4, 0.5) is 5.13 Å². The number of carbonyl (C=O) groups is 4. The molecule has 2 unspecified atom stereocenters. The number of hydrogen-bond donors (Lipinski definition) is 2. The minimum Gasteiger partial charge on any atom is -0.417 e. The third-order valence-electron chi connectivity index (χ3n) is 5.37. The second-order valence-corrected chi connectivity index (χ2v) is 9.44. The number of aromatic nitrogens is 1. The van der Waals surface area contributed by atoms with Gasteiger partial charge in [0.2, 0.25) is 0 Å². The predicted octanol–water partition coefficient (Wildman–Crippen LogP) is 0.772. The summed E-state index contributed by atoms with van der Waals surface area (Å²) in [4.78, 5) is 60.6. The largest absolute Gasteiger partial charge is 0.417 e. The number of benzene rings is 1. The number of anilines is 1. The number of carbonyl (C=O) groups excluding carboxylic acids is 4. The summed E-state index contributed by atoms with van der Waals surface area (Å²) in [5.74, 6) is -2.19. The van der Waals surface area contributed by atoms with Gasteiger partial charge in [-0.25, -0.2) is 14.6 Å². The molecular formula is C21H17N5O7S2. The van der Waals surface area contributed by atoms with Crippen molar-refractivity contribution in [2.75, 3.05) is 18.6 Å². The Hall–Kier alpha value is -3.91. The quantitative estimate of drug-likeness (QED) is 0.243. The molecule has 1 aromatic heterocycles. The Morgan fingerprint density at radius 3 is 2.86 bits per heavy atom. The lowest BCUT2D eigenvalue weighted by Gasteiger charge is -2.48. The van der Waals surface area contributed by atoms with Gasteiger partial charge in [0, 0.05) is 16.7 Å². The lowest BCUT2D eigenvalue weighted by molar-refractivity contribution is -0.168. The number of thioether (sulfide) groups is 1. The van der Waals surface area contributed by atoms with Crippen molar-refractivity contribution >= 4 is 57.7 Å². The third kappa shape index (κ3) is 4.00. The first kappa shape index (κ1) is 22.9. The van der Waals surface area contributed by atoms with Crippen LogP contribution in [0.2, 0.25) is 0 Å². The smallest absolute Gasteiger partial charge is 0.358 e. The van der Waals surface area contributed by atoms with Crippen LogP contribution < -0.4 is 11.1 Å². The summed E-state index contributed by atoms with van der Waals surface area (Å²) in [7, 11) is 1.28. The number of esters is 2. The number of thiazole rings is 1. The molecule has 3 aliphatic rings. The Morgan fingerprint density at radius 2 is 2.11 bits per heavy atom. The first-order valence-corrected chi connectivity index (χ1v) is 12.1. The summed E-state index contributed by atoms with van der Waals surface area (Å²) < 4.78 is 10.6. The van der Waals surface area contributed by atoms with Crippen molar-refractivity contribution in [1.82, 2.24) is 15.2 Å². The minimum atomic E-state index is -1.20. The van der Waals surface area contributed by atoms with E-state index in [1.165, 1.54) is 23.8 Å². The van der Waals surface area contributed by atoms with Crippen LogP contribution in [0.5, 0.6) is 0 Å². The fourth-order valence-corrected chi connectivity index (χ4v) is 5.53. The Kier molecular flexibility index (Phi) is 5.90. The van der Waals surface area contributed by atoms with Gasteiger partial charge in [-0.3, -0.25) is 14.5 Å². The highest BCUT2D eigenvalue weighted by Gasteiger charge is 2.53. The summed E-state index contributed by atoms with van der Waals surface area (Å²) in [6, 6.07) is 5.66. The molecule has 1 fully saturated rings. The number of ether oxygens (including phenoxy) is 2. The average molecular weight is 516 g/mol. The van der Waals surface area contributed by atoms with Crippen LogP contribution in [0.3, 0.4) is 0 Å². The molecule has 0 radical (unpaired) electrons. The number of cyclic esters (lactones) is 1. The number of amides is 2. The zero-order valence-electron chi connectivity index (χ0n) is 18.0. The van der Waals surface area contributed by atoms with E-state index in [2.05, 4.69) is 15.5 Å². The maximum Gasteiger partial charge on any atom is 0.358 e. The maximum absolute atomic E-state index is 12.9. The van der Waals surface area contributed by atoms with E-state index in [0.717, 1.165) is 11.3 Å². The second-order valence-electron chi connectivity index (χ2n) is 7.40. The normalized spacial score (nSPS) is 22.9. The molecule has 12 nitrogen and oxygen atoms in total. The monoisotopic (exact) mass is 515 g/mol. The topological polar surface area (TPSA) is 163 Å². The molecule has 14 heteroatoms. The van der Waals surface area contributed by atoms with Crippen molar-refractivity contribution in [1.29, 1.82) is 0 Å². The zero-order chi connectivity index (χ0) is 24.7. The molecule has 1 aromatic carbocycles. The minimum absolute atomic E-state index is 0.0164. The molecule has 5 rings (SSSR count). The Morgan fingerprint density at radius 1 is 1.31 bits per heavy atom. The van der Waals surface area contributed by atoms with Crippen molar-refractivity contribution < 1.29 is 33.5 Å². The molecule has 35 heavy (non-hydrogen) atoms. The Bertz CT molecular complexity index is 1310. The number of hydrogen-bond acceptors (Lipinski definition) is 12. The van der Waals surface area contributed by atoms with Gasteiger partial charge in [-0.15, -0.1) is 23.1 Å². The van der Waals surface area contributed by atoms with Crippen LogP contribution in [0.15, 0.2) is 46.6 Å². The van der Waals surface area contributed by atoms with Crippen molar-refractivity contribution in [2.24, 2.45) is 5.16 Å². The number of rotatable bonds is 6. The standard InChI is InChI=1S/C21H17N5O7S2/c1-31-25-13(11-8-35-21(22)23-11)15(27)24-14-16(28)26-12(6-7-34-17(14)26)19(30)33-20-10-5-3-2-4-9(10)18(29)32-20/h2-6,8,14,17,20H,7H2,1H3,(H2,22,23)(H,24,27)/t14?,17-,20?/m1/s1. The van der Waals surface area contributed by atoms with E-state index < -0.39 is 41.5 Å². The van der Waals surface area contributed by atoms with Gasteiger partial charge in [-0.2, -0.15) is 0 Å². The van der Waals surface area contributed by atoms with E-state index in [-0.39, 0.29) is 22.2 Å². The van der Waals surface area contributed by atoms with E-state index in [0.29, 0.717) is 16.9 Å². The lowest BCUT2D eigenvalue weighted by atomic mass is 10.0. The van der Waals surface area contributed by atoms with Gasteiger partial charge in [-0.1, -0.05) is 23.4 Å². The molecule has 3 N–H and O–H groups in total. The van der Waals surface area contributed by atoms with Gasteiger partial charge in [0.05, 0.1) is 5.56 Å². The number of nitrogens with two attached hydrogens (primary N) is 1. The third-order valence-corrected chi connectivity index (χ3v) is 7.22. The van der Waals surface area contributed by atoms with Crippen molar-refractivity contribution in [3.8, 4) is 0 Å². The number of nitrogens with one attached hydrogen (secondary N) is 1. The zero-order valence-corrected chi connectivity index (χ0v) is 19.6. The van der Waals surface area contributed by atoms with Gasteiger partial charge in [0.15, 0.2) is 10.8 Å². The first-order valence-electron chi connectivity index (χ1n) is 10.2. The van der Waals surface area contributed by atoms with Crippen LogP contribution in [-0.2, 0) is 28.7 Å². The molecule has 3 aliphatic heterocycles. The summed E-state index contributed by atoms with van der Waals surface area (Å²) in [6.45, 7) is 0. The molecule has 0 aliphatic carbocycles. The number of β-lactam (4-membered cyclic amide) rings is 1. The number of oxime groups is 1. The highest BCUT2D eigenvalue weighted by molar-refractivity contribution is 8.00. The van der Waals surface area contributed by atoms with Crippen LogP contribution in [0, 0.1) is 0 Å². The summed E-state index contributed by atoms with van der Waals surface area (Å²) in [5, 5.41) is 7.58. The van der Waals surface area contributed by atoms with Crippen LogP contribution >= 0.6 is 23.1 Å². The fourth-order valence-electron chi connectivity index (χ4n) is 3.79. The van der Waals surface area contributed by atoms with E-state index in [4.69, 9.17) is 20.0 Å². The number of nitrogen functional groups attached to an aromatic ring is 1. The van der Waals surface area contributed by atoms with Gasteiger partial charge >= 0.3 is 11.9 Å². The Balaban J connectivity index is 1.27. The van der Waals surface area contributed by atoms with Crippen LogP contribution in [-0.4, -0.2) is 63.6 Å². The van der Waals surface area contributed by atoms with Gasteiger partial charge < -0.3 is 25.4 Å². The Labute approximate surface area is 206 Å². The summed E-state index contributed by atoms with van der Waals surface area (Å²) >= 11 is 2.49. The highest BCUT2D eigenvalue weighted by Crippen LogP contribution is 2.39. The molecule has 0 bridgehead atoms. The van der Waals surface area contributed by atoms with Crippen molar-refractivity contribution in [2.45, 2.75) is 17.7 Å². The van der Waals surface area contributed by atoms with E-state index in [1.807, 2.05) is 0 Å². The van der Waals surface area contributed by atoms with E-state index in [9.17, 15) is 19.2 Å². The molecular weight excluding hydrogens is 498 g/mol. The second kappa shape index (κ2) is 9.03. The molecule has 2 amide bonds. The average Bonchev–Trinajstić information content (AvgIpc) is 3.43. The predicted molar refractivity (Wildman–Crippen MR) is 124 cm³/mol. The molecule has 1 saturated heterocycles. The maximum atomic E-state index is 12.9. The molecule has 180 valence electrons. The van der Waals surface area contributed by atoms with Crippen LogP contribution in [0.25, 0.3) is 0 Å². The van der Waals surface area contributed by atoms with Crippen LogP contribution in [0.1, 0.15) is 27.9 Å². The fraction of sp³-hybridized carbons (Fsp3) is 0.238. The summed E-state index contributed by atoms with van der Waals surface area (Å²) in [5.41, 5.74) is 6.47. The molecule has 2 aromatic rings. The van der Waals surface area contributed by atoms with Crippen molar-refractivity contribution in [3.05, 3.63) is 58.2 Å². The number of nitrogens with zero attached hydrogens (tertiary/aromatic N) is 3. The van der Waals surface area contributed by atoms with E-state index in [1.54, 1.807) is 35.7 Å². The SMILES string of the molecule is CON=C(C(=O)NC1C(=O)N2C(C(=O)OC3OC(=O)c4ccccc43)=CCS[C@H]12)c1csc(N)n1. The molecule has 3 atom stereocenters. The molecule has 0 saturated carbocycles. The number of fused-ring (bicyclic) bond motifs is 2. The van der Waals surface area contributed by atoms with Gasteiger partial charge in [0.1, 0.15) is 29.9 Å². The molecule has 4 heterocycles. The van der Waals surface area contributed by atoms with Gasteiger partial charge in [-0.05, 0) is 12.1 Å². The lowest BCUT2D eigenvalue weighted by Crippen LogP contribution is -2.70. The first-order chi connectivity index (χ1) is 16.9. The van der Waals surface area contributed by atoms with Crippen molar-refractivity contribution in [3.63, 3.8) is 0 Å².